The second-order valence-electron chi connectivity index (χ2n) is 5.26. The van der Waals surface area contributed by atoms with Crippen LogP contribution in [-0.4, -0.2) is 22.7 Å². The first-order valence-corrected chi connectivity index (χ1v) is 8.33. The molecule has 20 heavy (non-hydrogen) atoms. The minimum Gasteiger partial charge on any atom is -0.477 e. The number of aryl methyl sites for hydroxylation is 1. The van der Waals surface area contributed by atoms with E-state index >= 15 is 0 Å². The molecule has 0 bridgehead atoms. The Morgan fingerprint density at radius 2 is 2.10 bits per heavy atom. The molecule has 1 N–H and O–H groups in total. The molecule has 1 unspecified atom stereocenters. The number of hydrogen-bond donors (Lipinski definition) is 1. The maximum Gasteiger partial charge on any atom is 0.347 e. The van der Waals surface area contributed by atoms with Gasteiger partial charge in [0.2, 0.25) is 0 Å². The van der Waals surface area contributed by atoms with Gasteiger partial charge in [-0.25, -0.2) is 9.78 Å². The second-order valence-corrected chi connectivity index (χ2v) is 6.29. The highest BCUT2D eigenvalue weighted by molar-refractivity contribution is 7.13. The molecule has 0 amide bonds. The third-order valence-electron chi connectivity index (χ3n) is 3.91. The van der Waals surface area contributed by atoms with Gasteiger partial charge in [-0.3, -0.25) is 0 Å². The molecule has 2 rings (SSSR count). The number of carbonyl (C=O) groups is 1. The molecular weight excluding hydrogens is 274 g/mol. The molecule has 4 nitrogen and oxygen atoms in total. The number of rotatable bonds is 6. The number of aromatic nitrogens is 1. The highest BCUT2D eigenvalue weighted by Crippen LogP contribution is 2.39. The average molecular weight is 297 g/mol. The van der Waals surface area contributed by atoms with Crippen LogP contribution in [0.3, 0.4) is 0 Å². The Morgan fingerprint density at radius 3 is 2.60 bits per heavy atom. The number of ether oxygens (including phenoxy) is 1. The monoisotopic (exact) mass is 297 g/mol. The Balaban J connectivity index is 2.26. The van der Waals surface area contributed by atoms with Crippen molar-refractivity contribution in [3.05, 3.63) is 15.6 Å². The van der Waals surface area contributed by atoms with Crippen LogP contribution in [-0.2, 0) is 11.2 Å². The van der Waals surface area contributed by atoms with E-state index in [9.17, 15) is 9.90 Å². The largest absolute Gasteiger partial charge is 0.477 e. The normalized spacial score (nSPS) is 18.1. The Bertz CT molecular complexity index is 452. The van der Waals surface area contributed by atoms with Crippen molar-refractivity contribution in [2.75, 3.05) is 6.61 Å². The Kier molecular flexibility index (Phi) is 5.54. The first kappa shape index (κ1) is 15.4. The van der Waals surface area contributed by atoms with Crippen LogP contribution in [0, 0.1) is 5.92 Å². The second kappa shape index (κ2) is 7.18. The lowest BCUT2D eigenvalue weighted by atomic mass is 9.85. The Hall–Kier alpha value is -0.940. The predicted molar refractivity (Wildman–Crippen MR) is 79.4 cm³/mol. The van der Waals surface area contributed by atoms with Crippen LogP contribution < -0.4 is 0 Å². The fraction of sp³-hybridized carbons (Fsp3) is 0.733. The molecule has 1 aromatic rings. The van der Waals surface area contributed by atoms with Gasteiger partial charge in [0.15, 0.2) is 0 Å². The topological polar surface area (TPSA) is 59.4 Å². The van der Waals surface area contributed by atoms with Crippen molar-refractivity contribution in [1.29, 1.82) is 0 Å². The quantitative estimate of drug-likeness (QED) is 0.860. The molecular formula is C15H23NO3S. The van der Waals surface area contributed by atoms with Crippen LogP contribution in [0.1, 0.15) is 72.4 Å². The van der Waals surface area contributed by atoms with Gasteiger partial charge in [-0.1, -0.05) is 26.2 Å². The van der Waals surface area contributed by atoms with E-state index in [0.717, 1.165) is 17.8 Å². The highest BCUT2D eigenvalue weighted by Gasteiger charge is 2.30. The molecule has 5 heteroatoms. The van der Waals surface area contributed by atoms with Crippen molar-refractivity contribution < 1.29 is 14.6 Å². The minimum atomic E-state index is -0.871. The molecule has 1 atom stereocenters. The summed E-state index contributed by atoms with van der Waals surface area (Å²) in [6.07, 6.45) is 6.74. The van der Waals surface area contributed by atoms with Gasteiger partial charge in [0.05, 0.1) is 5.69 Å². The van der Waals surface area contributed by atoms with E-state index in [-0.39, 0.29) is 6.10 Å². The third kappa shape index (κ3) is 3.38. The lowest BCUT2D eigenvalue weighted by Crippen LogP contribution is -2.19. The van der Waals surface area contributed by atoms with Crippen LogP contribution >= 0.6 is 11.3 Å². The molecule has 0 radical (unpaired) electrons. The molecule has 0 aromatic carbocycles. The fourth-order valence-electron chi connectivity index (χ4n) is 2.92. The van der Waals surface area contributed by atoms with Gasteiger partial charge in [0, 0.05) is 6.61 Å². The Labute approximate surface area is 124 Å². The summed E-state index contributed by atoms with van der Waals surface area (Å²) in [5.41, 5.74) is 0.693. The van der Waals surface area contributed by atoms with Crippen LogP contribution in [0.25, 0.3) is 0 Å². The lowest BCUT2D eigenvalue weighted by molar-refractivity contribution is 0.00543. The molecule has 1 fully saturated rings. The van der Waals surface area contributed by atoms with Gasteiger partial charge in [0.25, 0.3) is 0 Å². The molecule has 0 saturated heterocycles. The van der Waals surface area contributed by atoms with Gasteiger partial charge in [0.1, 0.15) is 16.0 Å². The molecule has 0 spiro atoms. The van der Waals surface area contributed by atoms with Crippen molar-refractivity contribution in [2.24, 2.45) is 5.92 Å². The van der Waals surface area contributed by atoms with E-state index in [4.69, 9.17) is 4.74 Å². The molecule has 1 heterocycles. The van der Waals surface area contributed by atoms with Crippen molar-refractivity contribution in [1.82, 2.24) is 4.98 Å². The summed E-state index contributed by atoms with van der Waals surface area (Å²) in [5.74, 6) is -0.384. The lowest BCUT2D eigenvalue weighted by Gasteiger charge is -2.28. The number of hydrogen-bond acceptors (Lipinski definition) is 4. The van der Waals surface area contributed by atoms with E-state index in [1.54, 1.807) is 0 Å². The maximum atomic E-state index is 11.3. The molecule has 112 valence electrons. The zero-order valence-electron chi connectivity index (χ0n) is 12.2. The number of carboxylic acid groups (broad SMARTS) is 1. The SMILES string of the molecule is CCOC(c1nc(CC)c(C(=O)O)s1)C1CCCCC1. The standard InChI is InChI=1S/C15H23NO3S/c1-3-11-13(15(17)18)20-14(16-11)12(19-4-2)10-8-6-5-7-9-10/h10,12H,3-9H2,1-2H3,(H,17,18). The van der Waals surface area contributed by atoms with Crippen molar-refractivity contribution >= 4 is 17.3 Å². The van der Waals surface area contributed by atoms with Gasteiger partial charge >= 0.3 is 5.97 Å². The molecule has 1 aliphatic rings. The van der Waals surface area contributed by atoms with E-state index in [0.29, 0.717) is 29.5 Å². The number of nitrogens with zero attached hydrogens (tertiary/aromatic N) is 1. The first-order chi connectivity index (χ1) is 9.67. The first-order valence-electron chi connectivity index (χ1n) is 7.51. The minimum absolute atomic E-state index is 0.0244. The highest BCUT2D eigenvalue weighted by atomic mass is 32.1. The zero-order chi connectivity index (χ0) is 14.5. The summed E-state index contributed by atoms with van der Waals surface area (Å²) in [6.45, 7) is 4.58. The van der Waals surface area contributed by atoms with Crippen LogP contribution in [0.15, 0.2) is 0 Å². The van der Waals surface area contributed by atoms with E-state index in [2.05, 4.69) is 4.98 Å². The number of carboxylic acids is 1. The van der Waals surface area contributed by atoms with Crippen molar-refractivity contribution in [2.45, 2.75) is 58.5 Å². The smallest absolute Gasteiger partial charge is 0.347 e. The summed E-state index contributed by atoms with van der Waals surface area (Å²) in [6, 6.07) is 0. The number of aromatic carboxylic acids is 1. The summed E-state index contributed by atoms with van der Waals surface area (Å²) >= 11 is 1.30. The summed E-state index contributed by atoms with van der Waals surface area (Å²) in [4.78, 5) is 16.2. The summed E-state index contributed by atoms with van der Waals surface area (Å²) < 4.78 is 5.92. The van der Waals surface area contributed by atoms with Gasteiger partial charge < -0.3 is 9.84 Å². The Morgan fingerprint density at radius 1 is 1.40 bits per heavy atom. The van der Waals surface area contributed by atoms with Crippen molar-refractivity contribution in [3.8, 4) is 0 Å². The summed E-state index contributed by atoms with van der Waals surface area (Å²) in [5, 5.41) is 10.1. The van der Waals surface area contributed by atoms with E-state index in [1.807, 2.05) is 13.8 Å². The van der Waals surface area contributed by atoms with Crippen LogP contribution in [0.4, 0.5) is 0 Å². The van der Waals surface area contributed by atoms with Crippen molar-refractivity contribution in [3.63, 3.8) is 0 Å². The van der Waals surface area contributed by atoms with E-state index in [1.165, 1.54) is 30.6 Å². The molecule has 1 saturated carbocycles. The van der Waals surface area contributed by atoms with E-state index < -0.39 is 5.97 Å². The van der Waals surface area contributed by atoms with Gasteiger partial charge in [-0.2, -0.15) is 0 Å². The molecule has 0 aliphatic heterocycles. The summed E-state index contributed by atoms with van der Waals surface area (Å²) in [7, 11) is 0. The maximum absolute atomic E-state index is 11.3. The fourth-order valence-corrected chi connectivity index (χ4v) is 4.06. The number of thiazole rings is 1. The van der Waals surface area contributed by atoms with Crippen LogP contribution in [0.2, 0.25) is 0 Å². The molecule has 1 aromatic heterocycles. The van der Waals surface area contributed by atoms with Gasteiger partial charge in [-0.05, 0) is 32.1 Å². The van der Waals surface area contributed by atoms with Crippen LogP contribution in [0.5, 0.6) is 0 Å². The predicted octanol–water partition coefficient (Wildman–Crippen LogP) is 4.06. The van der Waals surface area contributed by atoms with Gasteiger partial charge in [-0.15, -0.1) is 11.3 Å². The average Bonchev–Trinajstić information content (AvgIpc) is 2.90. The zero-order valence-corrected chi connectivity index (χ0v) is 13.0. The molecule has 1 aliphatic carbocycles. The third-order valence-corrected chi connectivity index (χ3v) is 5.06.